The number of nitrogens with two attached hydrogens (primary N) is 1. The first kappa shape index (κ1) is 19.3. The summed E-state index contributed by atoms with van der Waals surface area (Å²) in [5.41, 5.74) is 15.1. The molecule has 1 saturated heterocycles. The summed E-state index contributed by atoms with van der Waals surface area (Å²) in [6.07, 6.45) is -0.359. The van der Waals surface area contributed by atoms with Crippen LogP contribution in [-0.2, 0) is 4.74 Å². The molecule has 2 aromatic rings. The van der Waals surface area contributed by atoms with Crippen LogP contribution in [0.5, 0.6) is 5.75 Å². The number of fused-ring (bicyclic) bond motifs is 1. The van der Waals surface area contributed by atoms with Gasteiger partial charge in [-0.05, 0) is 58.0 Å². The van der Waals surface area contributed by atoms with E-state index in [1.54, 1.807) is 7.11 Å². The number of allylic oxidation sites excluding steroid dienone is 1. The highest BCUT2D eigenvalue weighted by Gasteiger charge is 2.49. The normalized spacial score (nSPS) is 26.4. The molecule has 0 amide bonds. The van der Waals surface area contributed by atoms with Gasteiger partial charge in [0.1, 0.15) is 11.8 Å². The summed E-state index contributed by atoms with van der Waals surface area (Å²) in [6.45, 7) is 0. The summed E-state index contributed by atoms with van der Waals surface area (Å²) in [5, 5.41) is 10.5. The van der Waals surface area contributed by atoms with Crippen LogP contribution in [0.15, 0.2) is 53.9 Å². The molecule has 0 aromatic heterocycles. The van der Waals surface area contributed by atoms with Gasteiger partial charge in [0.25, 0.3) is 0 Å². The molecule has 4 unspecified atom stereocenters. The van der Waals surface area contributed by atoms with Crippen molar-refractivity contribution in [3.05, 3.63) is 73.6 Å². The molecule has 2 aromatic carbocycles. The number of hydrogen-bond donors (Lipinski definition) is 3. The minimum Gasteiger partial charge on any atom is -0.496 e. The summed E-state index contributed by atoms with van der Waals surface area (Å²) in [5.74, 6) is 0.643. The third-order valence-electron chi connectivity index (χ3n) is 5.22. The molecule has 4 N–H and O–H groups in total. The zero-order valence-electron chi connectivity index (χ0n) is 14.9. The van der Waals surface area contributed by atoms with Crippen molar-refractivity contribution in [2.24, 2.45) is 11.7 Å². The summed E-state index contributed by atoms with van der Waals surface area (Å²) in [4.78, 5) is 0. The Morgan fingerprint density at radius 1 is 1.18 bits per heavy atom. The van der Waals surface area contributed by atoms with Gasteiger partial charge in [-0.2, -0.15) is 5.26 Å². The van der Waals surface area contributed by atoms with Gasteiger partial charge >= 0.3 is 0 Å². The van der Waals surface area contributed by atoms with Crippen molar-refractivity contribution in [1.82, 2.24) is 10.9 Å². The van der Waals surface area contributed by atoms with E-state index < -0.39 is 0 Å². The quantitative estimate of drug-likeness (QED) is 0.549. The van der Waals surface area contributed by atoms with Gasteiger partial charge in [0.15, 0.2) is 6.23 Å². The van der Waals surface area contributed by atoms with E-state index in [2.05, 4.69) is 39.5 Å². The van der Waals surface area contributed by atoms with Crippen molar-refractivity contribution in [3.63, 3.8) is 0 Å². The largest absolute Gasteiger partial charge is 0.496 e. The average Bonchev–Trinajstić information content (AvgIpc) is 3.10. The third-order valence-corrected chi connectivity index (χ3v) is 6.31. The van der Waals surface area contributed by atoms with E-state index in [-0.39, 0.29) is 30.0 Å². The van der Waals surface area contributed by atoms with Crippen LogP contribution in [0, 0.1) is 20.8 Å². The highest BCUT2D eigenvalue weighted by Crippen LogP contribution is 2.48. The van der Waals surface area contributed by atoms with E-state index in [1.807, 2.05) is 42.5 Å². The second kappa shape index (κ2) is 7.79. The number of rotatable bonds is 3. The Morgan fingerprint density at radius 2 is 1.89 bits per heavy atom. The summed E-state index contributed by atoms with van der Waals surface area (Å²) in [6, 6.07) is 15.8. The highest BCUT2D eigenvalue weighted by atomic mass is 127. The fraction of sp³-hybridized carbons (Fsp3) is 0.250. The van der Waals surface area contributed by atoms with E-state index in [4.69, 9.17) is 26.8 Å². The lowest BCUT2D eigenvalue weighted by Gasteiger charge is -2.36. The molecule has 0 spiro atoms. The number of nitriles is 1. The van der Waals surface area contributed by atoms with Crippen LogP contribution in [0.2, 0.25) is 5.02 Å². The molecule has 0 saturated carbocycles. The Labute approximate surface area is 181 Å². The average molecular weight is 509 g/mol. The minimum atomic E-state index is -0.359. The molecule has 28 heavy (non-hydrogen) atoms. The van der Waals surface area contributed by atoms with Crippen LogP contribution < -0.4 is 21.3 Å². The molecule has 1 fully saturated rings. The molecule has 2 aliphatic heterocycles. The molecule has 4 atom stereocenters. The predicted molar refractivity (Wildman–Crippen MR) is 114 cm³/mol. The number of methoxy groups -OCH3 is 1. The number of hydrazine groups is 1. The molecule has 0 aliphatic carbocycles. The first-order valence-corrected chi connectivity index (χ1v) is 10.2. The van der Waals surface area contributed by atoms with Crippen LogP contribution in [0.1, 0.15) is 23.1 Å². The molecule has 6 nitrogen and oxygen atoms in total. The number of nitrogens with one attached hydrogen (secondary N) is 2. The molecule has 2 heterocycles. The maximum absolute atomic E-state index is 9.82. The number of benzene rings is 2. The van der Waals surface area contributed by atoms with Crippen molar-refractivity contribution in [2.75, 3.05) is 7.11 Å². The summed E-state index contributed by atoms with van der Waals surface area (Å²) >= 11 is 8.29. The molecule has 0 radical (unpaired) electrons. The van der Waals surface area contributed by atoms with Crippen molar-refractivity contribution in [3.8, 4) is 11.8 Å². The number of hydrogen-bond acceptors (Lipinski definition) is 6. The summed E-state index contributed by atoms with van der Waals surface area (Å²) in [7, 11) is 1.64. The zero-order valence-corrected chi connectivity index (χ0v) is 17.9. The van der Waals surface area contributed by atoms with Gasteiger partial charge in [-0.15, -0.1) is 0 Å². The highest BCUT2D eigenvalue weighted by molar-refractivity contribution is 14.1. The second-order valence-electron chi connectivity index (χ2n) is 6.70. The Morgan fingerprint density at radius 3 is 2.54 bits per heavy atom. The third kappa shape index (κ3) is 3.31. The van der Waals surface area contributed by atoms with E-state index in [0.717, 1.165) is 20.4 Å². The van der Waals surface area contributed by atoms with Crippen molar-refractivity contribution >= 4 is 34.2 Å². The standard InChI is InChI=1S/C20H18ClIN4O2/c1-27-15-7-4-11(8-14(15)22)16-13(9-23)19(24)28-20-17(16)18(25-26-20)10-2-5-12(21)6-3-10/h2-8,16-18,20,25-26H,24H2,1H3. The Kier molecular flexibility index (Phi) is 5.38. The molecule has 144 valence electrons. The monoisotopic (exact) mass is 508 g/mol. The Bertz CT molecular complexity index is 973. The molecule has 2 aliphatic rings. The fourth-order valence-corrected chi connectivity index (χ4v) is 4.81. The van der Waals surface area contributed by atoms with Gasteiger partial charge in [0.2, 0.25) is 5.88 Å². The number of halogens is 2. The maximum atomic E-state index is 9.82. The topological polar surface area (TPSA) is 92.3 Å². The second-order valence-corrected chi connectivity index (χ2v) is 8.29. The first-order valence-electron chi connectivity index (χ1n) is 8.70. The maximum Gasteiger partial charge on any atom is 0.200 e. The van der Waals surface area contributed by atoms with Crippen LogP contribution >= 0.6 is 34.2 Å². The lowest BCUT2D eigenvalue weighted by Crippen LogP contribution is -2.41. The number of nitrogens with zero attached hydrogens (tertiary/aromatic N) is 1. The zero-order chi connectivity index (χ0) is 19.8. The lowest BCUT2D eigenvalue weighted by atomic mass is 9.74. The SMILES string of the molecule is COc1ccc(C2C(C#N)=C(N)OC3NNC(c4ccc(Cl)cc4)C32)cc1I. The van der Waals surface area contributed by atoms with Gasteiger partial charge in [-0.25, -0.2) is 10.9 Å². The minimum absolute atomic E-state index is 0.0766. The Hall–Kier alpha value is -1.99. The van der Waals surface area contributed by atoms with Gasteiger partial charge in [-0.1, -0.05) is 29.8 Å². The lowest BCUT2D eigenvalue weighted by molar-refractivity contribution is 0.0340. The van der Waals surface area contributed by atoms with Crippen molar-refractivity contribution in [1.29, 1.82) is 5.26 Å². The van der Waals surface area contributed by atoms with Crippen molar-refractivity contribution < 1.29 is 9.47 Å². The molecule has 4 rings (SSSR count). The van der Waals surface area contributed by atoms with Gasteiger partial charge in [0, 0.05) is 16.9 Å². The summed E-state index contributed by atoms with van der Waals surface area (Å²) < 4.78 is 12.2. The van der Waals surface area contributed by atoms with E-state index in [1.165, 1.54) is 0 Å². The van der Waals surface area contributed by atoms with Crippen LogP contribution in [0.25, 0.3) is 0 Å². The van der Waals surface area contributed by atoms with Crippen molar-refractivity contribution in [2.45, 2.75) is 18.2 Å². The van der Waals surface area contributed by atoms with Gasteiger partial charge in [0.05, 0.1) is 22.3 Å². The Balaban J connectivity index is 1.81. The number of ether oxygens (including phenoxy) is 2. The smallest absolute Gasteiger partial charge is 0.200 e. The van der Waals surface area contributed by atoms with Crippen LogP contribution in [0.4, 0.5) is 0 Å². The molecular formula is C20H18ClIN4O2. The van der Waals surface area contributed by atoms with Crippen LogP contribution in [-0.4, -0.2) is 13.3 Å². The van der Waals surface area contributed by atoms with E-state index in [9.17, 15) is 5.26 Å². The predicted octanol–water partition coefficient (Wildman–Crippen LogP) is 3.55. The van der Waals surface area contributed by atoms with E-state index >= 15 is 0 Å². The molecule has 8 heteroatoms. The van der Waals surface area contributed by atoms with Gasteiger partial charge < -0.3 is 15.2 Å². The van der Waals surface area contributed by atoms with Gasteiger partial charge in [-0.3, -0.25) is 0 Å². The first-order chi connectivity index (χ1) is 13.5. The molecule has 0 bridgehead atoms. The molecular weight excluding hydrogens is 491 g/mol. The van der Waals surface area contributed by atoms with Crippen LogP contribution in [0.3, 0.4) is 0 Å². The van der Waals surface area contributed by atoms with E-state index in [0.29, 0.717) is 10.6 Å². The fourth-order valence-electron chi connectivity index (χ4n) is 3.93.